The van der Waals surface area contributed by atoms with Gasteiger partial charge in [0, 0.05) is 5.56 Å². The lowest BCUT2D eigenvalue weighted by atomic mass is 10.1. The number of amides is 2. The van der Waals surface area contributed by atoms with Gasteiger partial charge in [-0.2, -0.15) is 5.10 Å². The number of benzene rings is 3. The Bertz CT molecular complexity index is 1130. The first-order chi connectivity index (χ1) is 15.0. The summed E-state index contributed by atoms with van der Waals surface area (Å²) in [6.45, 7) is 0. The summed E-state index contributed by atoms with van der Waals surface area (Å²) in [5.74, 6) is 0.105. The number of hydrazone groups is 1. The third-order valence-electron chi connectivity index (χ3n) is 4.32. The first kappa shape index (κ1) is 21.4. The monoisotopic (exact) mass is 419 g/mol. The average molecular weight is 419 g/mol. The number of carbonyl (C=O) groups excluding carboxylic acids is 2. The van der Waals surface area contributed by atoms with E-state index in [2.05, 4.69) is 15.8 Å². The van der Waals surface area contributed by atoms with E-state index in [1.165, 1.54) is 32.6 Å². The lowest BCUT2D eigenvalue weighted by Crippen LogP contribution is -2.21. The molecule has 0 saturated carbocycles. The molecule has 0 aliphatic heterocycles. The molecule has 0 atom stereocenters. The summed E-state index contributed by atoms with van der Waals surface area (Å²) in [6, 6.07) is 17.8. The number of phenols is 1. The molecule has 3 aromatic carbocycles. The van der Waals surface area contributed by atoms with Gasteiger partial charge in [-0.25, -0.2) is 5.43 Å². The number of nitrogens with zero attached hydrogens (tertiary/aromatic N) is 1. The smallest absolute Gasteiger partial charge is 0.273 e. The van der Waals surface area contributed by atoms with E-state index in [1.54, 1.807) is 54.6 Å². The summed E-state index contributed by atoms with van der Waals surface area (Å²) >= 11 is 0. The number of nitrogens with one attached hydrogen (secondary N) is 2. The minimum absolute atomic E-state index is 0.0958. The van der Waals surface area contributed by atoms with Crippen LogP contribution in [-0.4, -0.2) is 37.4 Å². The van der Waals surface area contributed by atoms with Crippen molar-refractivity contribution >= 4 is 23.7 Å². The van der Waals surface area contributed by atoms with Gasteiger partial charge in [0.1, 0.15) is 5.75 Å². The molecule has 0 radical (unpaired) electrons. The maximum Gasteiger partial charge on any atom is 0.273 e. The molecule has 3 aromatic rings. The molecule has 0 spiro atoms. The lowest BCUT2D eigenvalue weighted by molar-refractivity contribution is 0.0956. The number of para-hydroxylation sites is 1. The van der Waals surface area contributed by atoms with Crippen molar-refractivity contribution in [3.05, 3.63) is 83.4 Å². The molecule has 31 heavy (non-hydrogen) atoms. The first-order valence-corrected chi connectivity index (χ1v) is 9.26. The second-order valence-electron chi connectivity index (χ2n) is 6.36. The van der Waals surface area contributed by atoms with E-state index in [0.29, 0.717) is 28.3 Å². The highest BCUT2D eigenvalue weighted by molar-refractivity contribution is 6.09. The number of methoxy groups -OCH3 is 2. The van der Waals surface area contributed by atoms with E-state index in [0.717, 1.165) is 0 Å². The van der Waals surface area contributed by atoms with Crippen LogP contribution in [0.25, 0.3) is 0 Å². The van der Waals surface area contributed by atoms with E-state index in [-0.39, 0.29) is 11.3 Å². The predicted octanol–water partition coefficient (Wildman–Crippen LogP) is 3.43. The Morgan fingerprint density at radius 2 is 1.68 bits per heavy atom. The fourth-order valence-electron chi connectivity index (χ4n) is 2.79. The molecule has 3 N–H and O–H groups in total. The molecule has 8 heteroatoms. The van der Waals surface area contributed by atoms with Crippen LogP contribution in [0.2, 0.25) is 0 Å². The zero-order chi connectivity index (χ0) is 22.2. The summed E-state index contributed by atoms with van der Waals surface area (Å²) < 4.78 is 10.4. The third kappa shape index (κ3) is 5.39. The van der Waals surface area contributed by atoms with E-state index < -0.39 is 11.8 Å². The molecular weight excluding hydrogens is 398 g/mol. The number of anilines is 1. The van der Waals surface area contributed by atoms with Crippen molar-refractivity contribution in [3.8, 4) is 17.2 Å². The van der Waals surface area contributed by atoms with Crippen LogP contribution in [0.15, 0.2) is 71.8 Å². The summed E-state index contributed by atoms with van der Waals surface area (Å²) in [5, 5.41) is 16.1. The van der Waals surface area contributed by atoms with Crippen LogP contribution >= 0.6 is 0 Å². The van der Waals surface area contributed by atoms with Crippen molar-refractivity contribution in [1.82, 2.24) is 5.43 Å². The van der Waals surface area contributed by atoms with Crippen molar-refractivity contribution in [2.45, 2.75) is 0 Å². The molecule has 8 nitrogen and oxygen atoms in total. The van der Waals surface area contributed by atoms with Crippen LogP contribution in [0.4, 0.5) is 5.69 Å². The quantitative estimate of drug-likeness (QED) is 0.402. The standard InChI is InChI=1S/C23H21N3O5/c1-30-20-11-10-16(13-21(20)31-2)22(28)25-19-9-4-3-8-18(19)23(29)26-24-14-15-6-5-7-17(27)12-15/h3-14,27H,1-2H3,(H,25,28)(H,26,29). The van der Waals surface area contributed by atoms with Crippen LogP contribution in [0, 0.1) is 0 Å². The van der Waals surface area contributed by atoms with Crippen LogP contribution in [0.5, 0.6) is 17.2 Å². The summed E-state index contributed by atoms with van der Waals surface area (Å²) in [7, 11) is 2.99. The maximum atomic E-state index is 12.7. The van der Waals surface area contributed by atoms with Gasteiger partial charge in [-0.15, -0.1) is 0 Å². The van der Waals surface area contributed by atoms with E-state index >= 15 is 0 Å². The Morgan fingerprint density at radius 1 is 0.903 bits per heavy atom. The van der Waals surface area contributed by atoms with Gasteiger partial charge >= 0.3 is 0 Å². The molecule has 2 amide bonds. The number of carbonyl (C=O) groups is 2. The normalized spacial score (nSPS) is 10.5. The third-order valence-corrected chi connectivity index (χ3v) is 4.32. The highest BCUT2D eigenvalue weighted by Gasteiger charge is 2.15. The number of rotatable bonds is 7. The second kappa shape index (κ2) is 9.93. The Balaban J connectivity index is 1.74. The predicted molar refractivity (Wildman–Crippen MR) is 117 cm³/mol. The van der Waals surface area contributed by atoms with Gasteiger partial charge in [0.2, 0.25) is 0 Å². The molecule has 0 aromatic heterocycles. The minimum atomic E-state index is -0.500. The van der Waals surface area contributed by atoms with Gasteiger partial charge in [-0.3, -0.25) is 9.59 Å². The molecule has 158 valence electrons. The van der Waals surface area contributed by atoms with Gasteiger partial charge in [0.15, 0.2) is 11.5 Å². The highest BCUT2D eigenvalue weighted by atomic mass is 16.5. The van der Waals surface area contributed by atoms with Crippen LogP contribution in [-0.2, 0) is 0 Å². The topological polar surface area (TPSA) is 109 Å². The SMILES string of the molecule is COc1ccc(C(=O)Nc2ccccc2C(=O)NN=Cc2cccc(O)c2)cc1OC. The second-order valence-corrected chi connectivity index (χ2v) is 6.36. The molecular formula is C23H21N3O5. The molecule has 0 aliphatic carbocycles. The largest absolute Gasteiger partial charge is 0.508 e. The fourth-order valence-corrected chi connectivity index (χ4v) is 2.79. The minimum Gasteiger partial charge on any atom is -0.508 e. The number of hydrogen-bond donors (Lipinski definition) is 3. The Kier molecular flexibility index (Phi) is 6.85. The van der Waals surface area contributed by atoms with E-state index in [4.69, 9.17) is 9.47 Å². The summed E-state index contributed by atoms with van der Waals surface area (Å²) in [4.78, 5) is 25.3. The number of phenolic OH excluding ortho intramolecular Hbond substituents is 1. The van der Waals surface area contributed by atoms with Crippen molar-refractivity contribution in [2.24, 2.45) is 5.10 Å². The van der Waals surface area contributed by atoms with Crippen LogP contribution in [0.3, 0.4) is 0 Å². The van der Waals surface area contributed by atoms with Crippen molar-refractivity contribution in [3.63, 3.8) is 0 Å². The molecule has 3 rings (SSSR count). The van der Waals surface area contributed by atoms with Gasteiger partial charge in [-0.1, -0.05) is 24.3 Å². The molecule has 0 aliphatic rings. The Hall–Kier alpha value is -4.33. The Morgan fingerprint density at radius 3 is 2.42 bits per heavy atom. The van der Waals surface area contributed by atoms with Crippen molar-refractivity contribution < 1.29 is 24.2 Å². The average Bonchev–Trinajstić information content (AvgIpc) is 2.78. The maximum absolute atomic E-state index is 12.7. The lowest BCUT2D eigenvalue weighted by Gasteiger charge is -2.12. The Labute approximate surface area is 179 Å². The zero-order valence-electron chi connectivity index (χ0n) is 17.0. The number of hydrogen-bond acceptors (Lipinski definition) is 6. The zero-order valence-corrected chi connectivity index (χ0v) is 17.0. The summed E-state index contributed by atoms with van der Waals surface area (Å²) in [5.41, 5.74) is 3.94. The molecule has 0 fully saturated rings. The van der Waals surface area contributed by atoms with Crippen LogP contribution in [0.1, 0.15) is 26.3 Å². The van der Waals surface area contributed by atoms with E-state index in [1.807, 2.05) is 0 Å². The van der Waals surface area contributed by atoms with Gasteiger partial charge in [0.05, 0.1) is 31.7 Å². The van der Waals surface area contributed by atoms with Gasteiger partial charge in [-0.05, 0) is 48.0 Å². The molecule has 0 unspecified atom stereocenters. The number of ether oxygens (including phenoxy) is 2. The molecule has 0 heterocycles. The van der Waals surface area contributed by atoms with Crippen molar-refractivity contribution in [2.75, 3.05) is 19.5 Å². The van der Waals surface area contributed by atoms with Gasteiger partial charge in [0.25, 0.3) is 11.8 Å². The van der Waals surface area contributed by atoms with Crippen molar-refractivity contribution in [1.29, 1.82) is 0 Å². The molecule has 0 bridgehead atoms. The van der Waals surface area contributed by atoms with Crippen LogP contribution < -0.4 is 20.2 Å². The summed E-state index contributed by atoms with van der Waals surface area (Å²) in [6.07, 6.45) is 1.41. The molecule has 0 saturated heterocycles. The highest BCUT2D eigenvalue weighted by Crippen LogP contribution is 2.28. The van der Waals surface area contributed by atoms with Gasteiger partial charge < -0.3 is 19.9 Å². The number of aromatic hydroxyl groups is 1. The van der Waals surface area contributed by atoms with E-state index in [9.17, 15) is 14.7 Å². The fraction of sp³-hybridized carbons (Fsp3) is 0.0870. The first-order valence-electron chi connectivity index (χ1n) is 9.26.